The third-order valence-electron chi connectivity index (χ3n) is 6.88. The van der Waals surface area contributed by atoms with Gasteiger partial charge in [0.25, 0.3) is 0 Å². The largest absolute Gasteiger partial charge is 0.394 e. The molecule has 0 spiro atoms. The minimum absolute atomic E-state index is 0.0150. The highest BCUT2D eigenvalue weighted by Crippen LogP contribution is 2.44. The minimum atomic E-state index is -0.244. The predicted molar refractivity (Wildman–Crippen MR) is 125 cm³/mol. The Morgan fingerprint density at radius 3 is 2.60 bits per heavy atom. The lowest BCUT2D eigenvalue weighted by atomic mass is 9.90. The van der Waals surface area contributed by atoms with Crippen molar-refractivity contribution in [1.29, 1.82) is 0 Å². The van der Waals surface area contributed by atoms with Crippen LogP contribution in [0.15, 0.2) is 12.1 Å². The molecule has 3 atom stereocenters. The van der Waals surface area contributed by atoms with Gasteiger partial charge < -0.3 is 20.6 Å². The predicted octanol–water partition coefficient (Wildman–Crippen LogP) is 4.44. The number of amides is 1. The molecule has 0 saturated carbocycles. The van der Waals surface area contributed by atoms with E-state index in [1.54, 1.807) is 0 Å². The van der Waals surface area contributed by atoms with E-state index in [0.29, 0.717) is 5.92 Å². The number of aryl methyl sites for hydroxylation is 1. The Kier molecular flexibility index (Phi) is 8.04. The van der Waals surface area contributed by atoms with Gasteiger partial charge in [0, 0.05) is 36.4 Å². The maximum absolute atomic E-state index is 13.0. The van der Waals surface area contributed by atoms with Crippen molar-refractivity contribution in [2.75, 3.05) is 30.4 Å². The molecular formula is C25H41N3O2. The first kappa shape index (κ1) is 22.9. The SMILES string of the molecule is CCCCCCCCc1ccc2c3c1NCC3CC(CO)NC(=O)[C@H](C(C)C)N2C. The molecular weight excluding hydrogens is 374 g/mol. The van der Waals surface area contributed by atoms with Gasteiger partial charge in [0.15, 0.2) is 0 Å². The molecule has 3 N–H and O–H groups in total. The maximum Gasteiger partial charge on any atom is 0.243 e. The summed E-state index contributed by atoms with van der Waals surface area (Å²) in [6.07, 6.45) is 9.70. The first-order chi connectivity index (χ1) is 14.5. The fourth-order valence-electron chi connectivity index (χ4n) is 5.30. The standard InChI is InChI=1S/C25H41N3O2/c1-5-6-7-8-9-10-11-18-12-13-21-22-19(15-26-23(18)22)14-20(16-29)27-25(30)24(17(2)3)28(21)4/h12-13,17,19-20,24,26,29H,5-11,14-16H2,1-4H3,(H,27,30)/t19?,20?,24-/m0/s1. The number of rotatable bonds is 9. The van der Waals surface area contributed by atoms with Gasteiger partial charge in [0.1, 0.15) is 6.04 Å². The maximum atomic E-state index is 13.0. The Morgan fingerprint density at radius 2 is 1.90 bits per heavy atom. The topological polar surface area (TPSA) is 64.6 Å². The van der Waals surface area contributed by atoms with E-state index in [9.17, 15) is 9.90 Å². The van der Waals surface area contributed by atoms with Gasteiger partial charge in [-0.05, 0) is 36.8 Å². The lowest BCUT2D eigenvalue weighted by Gasteiger charge is -2.33. The van der Waals surface area contributed by atoms with Crippen LogP contribution in [0, 0.1) is 5.92 Å². The van der Waals surface area contributed by atoms with Crippen LogP contribution in [0.1, 0.15) is 82.8 Å². The highest BCUT2D eigenvalue weighted by molar-refractivity contribution is 5.87. The van der Waals surface area contributed by atoms with Crippen LogP contribution < -0.4 is 15.5 Å². The first-order valence-electron chi connectivity index (χ1n) is 12.0. The number of anilines is 2. The summed E-state index contributed by atoms with van der Waals surface area (Å²) in [6.45, 7) is 7.31. The summed E-state index contributed by atoms with van der Waals surface area (Å²) in [5.41, 5.74) is 5.20. The van der Waals surface area contributed by atoms with Crippen molar-refractivity contribution < 1.29 is 9.90 Å². The Hall–Kier alpha value is -1.75. The van der Waals surface area contributed by atoms with Crippen LogP contribution >= 0.6 is 0 Å². The molecule has 0 bridgehead atoms. The molecule has 2 unspecified atom stereocenters. The third kappa shape index (κ3) is 4.93. The zero-order chi connectivity index (χ0) is 21.7. The highest BCUT2D eigenvalue weighted by atomic mass is 16.3. The Morgan fingerprint density at radius 1 is 1.17 bits per heavy atom. The summed E-state index contributed by atoms with van der Waals surface area (Å²) in [5, 5.41) is 16.7. The Balaban J connectivity index is 1.87. The second kappa shape index (κ2) is 10.5. The molecule has 5 nitrogen and oxygen atoms in total. The van der Waals surface area contributed by atoms with E-state index >= 15 is 0 Å². The van der Waals surface area contributed by atoms with Crippen LogP contribution in [0.2, 0.25) is 0 Å². The fourth-order valence-corrected chi connectivity index (χ4v) is 5.30. The molecule has 1 aromatic carbocycles. The molecule has 0 saturated heterocycles. The van der Waals surface area contributed by atoms with Crippen molar-refractivity contribution in [3.8, 4) is 0 Å². The van der Waals surface area contributed by atoms with Crippen molar-refractivity contribution in [2.45, 2.75) is 90.1 Å². The smallest absolute Gasteiger partial charge is 0.243 e. The van der Waals surface area contributed by atoms with Gasteiger partial charge in [0.05, 0.1) is 12.6 Å². The van der Waals surface area contributed by atoms with Crippen molar-refractivity contribution in [2.24, 2.45) is 5.92 Å². The van der Waals surface area contributed by atoms with Crippen molar-refractivity contribution >= 4 is 17.3 Å². The van der Waals surface area contributed by atoms with E-state index in [1.807, 2.05) is 7.05 Å². The molecule has 1 aromatic rings. The summed E-state index contributed by atoms with van der Waals surface area (Å²) >= 11 is 0. The van der Waals surface area contributed by atoms with Crippen LogP contribution in [-0.2, 0) is 11.2 Å². The van der Waals surface area contributed by atoms with Gasteiger partial charge in [-0.15, -0.1) is 0 Å². The van der Waals surface area contributed by atoms with E-state index in [4.69, 9.17) is 0 Å². The lowest BCUT2D eigenvalue weighted by Crippen LogP contribution is -2.51. The summed E-state index contributed by atoms with van der Waals surface area (Å²) in [4.78, 5) is 15.2. The number of aliphatic hydroxyl groups is 1. The number of nitrogens with one attached hydrogen (secondary N) is 2. The van der Waals surface area contributed by atoms with Gasteiger partial charge >= 0.3 is 0 Å². The zero-order valence-electron chi connectivity index (χ0n) is 19.3. The van der Waals surface area contributed by atoms with Crippen molar-refractivity contribution in [3.05, 3.63) is 23.3 Å². The number of likely N-dealkylation sites (N-methyl/N-ethyl adjacent to an activating group) is 1. The average Bonchev–Trinajstić information content (AvgIpc) is 3.14. The number of carbonyl (C=O) groups is 1. The lowest BCUT2D eigenvalue weighted by molar-refractivity contribution is -0.124. The number of aliphatic hydroxyl groups excluding tert-OH is 1. The molecule has 0 radical (unpaired) electrons. The van der Waals surface area contributed by atoms with Gasteiger partial charge in [-0.1, -0.05) is 58.9 Å². The van der Waals surface area contributed by atoms with Crippen LogP contribution in [0.3, 0.4) is 0 Å². The zero-order valence-corrected chi connectivity index (χ0v) is 19.3. The van der Waals surface area contributed by atoms with E-state index in [2.05, 4.69) is 48.4 Å². The molecule has 0 aliphatic carbocycles. The Bertz CT molecular complexity index is 719. The van der Waals surface area contributed by atoms with E-state index < -0.39 is 0 Å². The molecule has 2 aliphatic rings. The van der Waals surface area contributed by atoms with Gasteiger partial charge in [0.2, 0.25) is 5.91 Å². The quantitative estimate of drug-likeness (QED) is 0.522. The summed E-state index contributed by atoms with van der Waals surface area (Å²) < 4.78 is 0. The van der Waals surface area contributed by atoms with E-state index in [-0.39, 0.29) is 30.5 Å². The van der Waals surface area contributed by atoms with Crippen LogP contribution in [-0.4, -0.2) is 43.3 Å². The fraction of sp³-hybridized carbons (Fsp3) is 0.720. The van der Waals surface area contributed by atoms with Crippen LogP contribution in [0.25, 0.3) is 0 Å². The van der Waals surface area contributed by atoms with Crippen LogP contribution in [0.4, 0.5) is 11.4 Å². The molecule has 168 valence electrons. The molecule has 0 aromatic heterocycles. The summed E-state index contributed by atoms with van der Waals surface area (Å²) in [6, 6.07) is 4.06. The van der Waals surface area contributed by atoms with Gasteiger partial charge in [-0.25, -0.2) is 0 Å². The number of unbranched alkanes of at least 4 members (excludes halogenated alkanes) is 5. The molecule has 2 aliphatic heterocycles. The first-order valence-corrected chi connectivity index (χ1v) is 12.0. The molecule has 30 heavy (non-hydrogen) atoms. The van der Waals surface area contributed by atoms with Gasteiger partial charge in [-0.3, -0.25) is 4.79 Å². The summed E-state index contributed by atoms with van der Waals surface area (Å²) in [5.74, 6) is 0.508. The summed E-state index contributed by atoms with van der Waals surface area (Å²) in [7, 11) is 2.04. The number of carbonyl (C=O) groups excluding carboxylic acids is 1. The van der Waals surface area contributed by atoms with Crippen LogP contribution in [0.5, 0.6) is 0 Å². The molecule has 2 heterocycles. The van der Waals surface area contributed by atoms with E-state index in [1.165, 1.54) is 61.0 Å². The minimum Gasteiger partial charge on any atom is -0.394 e. The number of benzene rings is 1. The second-order valence-corrected chi connectivity index (χ2v) is 9.55. The van der Waals surface area contributed by atoms with Gasteiger partial charge in [-0.2, -0.15) is 0 Å². The Labute approximate surface area is 182 Å². The second-order valence-electron chi connectivity index (χ2n) is 9.55. The molecule has 5 heteroatoms. The molecule has 1 amide bonds. The average molecular weight is 416 g/mol. The number of hydrogen-bond donors (Lipinski definition) is 3. The van der Waals surface area contributed by atoms with Crippen molar-refractivity contribution in [1.82, 2.24) is 5.32 Å². The molecule has 0 fully saturated rings. The number of nitrogens with zero attached hydrogens (tertiary/aromatic N) is 1. The number of hydrogen-bond acceptors (Lipinski definition) is 4. The normalized spacial score (nSPS) is 23.5. The van der Waals surface area contributed by atoms with E-state index in [0.717, 1.165) is 19.4 Å². The van der Waals surface area contributed by atoms with Crippen molar-refractivity contribution in [3.63, 3.8) is 0 Å². The highest BCUT2D eigenvalue weighted by Gasteiger charge is 2.37. The molecule has 3 rings (SSSR count). The monoisotopic (exact) mass is 415 g/mol. The third-order valence-corrected chi connectivity index (χ3v) is 6.88.